The normalized spacial score (nSPS) is 26.6. The van der Waals surface area contributed by atoms with Crippen molar-refractivity contribution in [3.8, 4) is 0 Å². The average Bonchev–Trinajstić information content (AvgIpc) is 2.59. The average molecular weight is 204 g/mol. The van der Waals surface area contributed by atoms with Crippen LogP contribution in [0.1, 0.15) is 19.3 Å². The van der Waals surface area contributed by atoms with E-state index in [1.807, 2.05) is 0 Å². The van der Waals surface area contributed by atoms with E-state index in [2.05, 4.69) is 0 Å². The maximum Gasteiger partial charge on any atom is 0.303 e. The number of rotatable bonds is 6. The number of carboxylic acid groups (broad SMARTS) is 1. The molecule has 1 aliphatic rings. The number of aliphatic carboxylic acids is 1. The van der Waals surface area contributed by atoms with Crippen LogP contribution in [0.25, 0.3) is 0 Å². The topological polar surface area (TPSA) is 65.0 Å². The van der Waals surface area contributed by atoms with Crippen molar-refractivity contribution < 1.29 is 24.1 Å². The van der Waals surface area contributed by atoms with Gasteiger partial charge in [0.2, 0.25) is 0 Å². The zero-order valence-corrected chi connectivity index (χ0v) is 8.27. The molecule has 0 aromatic rings. The molecule has 5 nitrogen and oxygen atoms in total. The van der Waals surface area contributed by atoms with Crippen LogP contribution in [-0.4, -0.2) is 43.8 Å². The third-order valence-corrected chi connectivity index (χ3v) is 2.05. The lowest BCUT2D eigenvalue weighted by Crippen LogP contribution is -2.15. The molecular weight excluding hydrogens is 188 g/mol. The fourth-order valence-electron chi connectivity index (χ4n) is 1.31. The minimum Gasteiger partial charge on any atom is -0.481 e. The van der Waals surface area contributed by atoms with E-state index < -0.39 is 5.97 Å². The highest BCUT2D eigenvalue weighted by atomic mass is 16.7. The van der Waals surface area contributed by atoms with Crippen LogP contribution < -0.4 is 0 Å². The second-order valence-corrected chi connectivity index (χ2v) is 3.23. The summed E-state index contributed by atoms with van der Waals surface area (Å²) in [6.45, 7) is 1.08. The van der Waals surface area contributed by atoms with E-state index in [9.17, 15) is 4.79 Å². The zero-order chi connectivity index (χ0) is 10.4. The van der Waals surface area contributed by atoms with Crippen LogP contribution >= 0.6 is 0 Å². The van der Waals surface area contributed by atoms with Crippen molar-refractivity contribution in [1.29, 1.82) is 0 Å². The molecule has 1 fully saturated rings. The smallest absolute Gasteiger partial charge is 0.303 e. The molecule has 14 heavy (non-hydrogen) atoms. The summed E-state index contributed by atoms with van der Waals surface area (Å²) in [6.07, 6.45) is 1.03. The van der Waals surface area contributed by atoms with Crippen LogP contribution in [0.5, 0.6) is 0 Å². The Morgan fingerprint density at radius 2 is 2.36 bits per heavy atom. The molecule has 1 aliphatic heterocycles. The predicted octanol–water partition coefficient (Wildman–Crippen LogP) is 0.629. The van der Waals surface area contributed by atoms with Crippen LogP contribution in [-0.2, 0) is 19.0 Å². The van der Waals surface area contributed by atoms with Gasteiger partial charge in [0.05, 0.1) is 19.3 Å². The first kappa shape index (κ1) is 11.4. The predicted molar refractivity (Wildman–Crippen MR) is 48.0 cm³/mol. The Hall–Kier alpha value is -0.650. The standard InChI is InChI=1S/C9H16O5/c1-12-5-4-9-13-6-7(14-9)2-3-8(10)11/h7,9H,2-6H2,1H3,(H,10,11). The molecule has 1 heterocycles. The zero-order valence-electron chi connectivity index (χ0n) is 8.27. The Bertz CT molecular complexity index is 182. The molecule has 0 aliphatic carbocycles. The summed E-state index contributed by atoms with van der Waals surface area (Å²) >= 11 is 0. The lowest BCUT2D eigenvalue weighted by Gasteiger charge is -2.09. The molecule has 2 unspecified atom stereocenters. The Labute approximate surface area is 82.9 Å². The van der Waals surface area contributed by atoms with Gasteiger partial charge in [0.1, 0.15) is 0 Å². The molecule has 0 aromatic carbocycles. The number of methoxy groups -OCH3 is 1. The number of hydrogen-bond donors (Lipinski definition) is 1. The van der Waals surface area contributed by atoms with Crippen molar-refractivity contribution in [2.24, 2.45) is 0 Å². The lowest BCUT2D eigenvalue weighted by molar-refractivity contribution is -0.138. The fraction of sp³-hybridized carbons (Fsp3) is 0.889. The lowest BCUT2D eigenvalue weighted by atomic mass is 10.2. The van der Waals surface area contributed by atoms with Gasteiger partial charge in [-0.05, 0) is 6.42 Å². The Morgan fingerprint density at radius 3 is 3.00 bits per heavy atom. The number of ether oxygens (including phenoxy) is 3. The Balaban J connectivity index is 2.10. The van der Waals surface area contributed by atoms with Gasteiger partial charge in [0.25, 0.3) is 0 Å². The van der Waals surface area contributed by atoms with Gasteiger partial charge in [-0.2, -0.15) is 0 Å². The first-order chi connectivity index (χ1) is 6.72. The van der Waals surface area contributed by atoms with E-state index in [0.717, 1.165) is 0 Å². The Kier molecular flexibility index (Phi) is 4.86. The molecule has 1 N–H and O–H groups in total. The first-order valence-corrected chi connectivity index (χ1v) is 4.70. The highest BCUT2D eigenvalue weighted by Crippen LogP contribution is 2.17. The van der Waals surface area contributed by atoms with Crippen LogP contribution in [0.2, 0.25) is 0 Å². The summed E-state index contributed by atoms with van der Waals surface area (Å²) in [5.74, 6) is -0.797. The van der Waals surface area contributed by atoms with Gasteiger partial charge in [0.15, 0.2) is 6.29 Å². The fourth-order valence-corrected chi connectivity index (χ4v) is 1.31. The second kappa shape index (κ2) is 5.95. The highest BCUT2D eigenvalue weighted by Gasteiger charge is 2.25. The molecule has 1 rings (SSSR count). The minimum absolute atomic E-state index is 0.0760. The van der Waals surface area contributed by atoms with Gasteiger partial charge in [-0.15, -0.1) is 0 Å². The minimum atomic E-state index is -0.797. The third-order valence-electron chi connectivity index (χ3n) is 2.05. The van der Waals surface area contributed by atoms with Crippen molar-refractivity contribution in [3.05, 3.63) is 0 Å². The molecule has 0 spiro atoms. The maximum atomic E-state index is 10.3. The van der Waals surface area contributed by atoms with E-state index >= 15 is 0 Å². The van der Waals surface area contributed by atoms with E-state index in [0.29, 0.717) is 26.1 Å². The molecule has 5 heteroatoms. The molecule has 0 saturated carbocycles. The number of carbonyl (C=O) groups is 1. The molecule has 1 saturated heterocycles. The molecule has 2 atom stereocenters. The molecule has 0 radical (unpaired) electrons. The van der Waals surface area contributed by atoms with Crippen molar-refractivity contribution in [2.75, 3.05) is 20.3 Å². The van der Waals surface area contributed by atoms with Crippen LogP contribution in [0.3, 0.4) is 0 Å². The van der Waals surface area contributed by atoms with Crippen LogP contribution in [0, 0.1) is 0 Å². The molecule has 0 amide bonds. The van der Waals surface area contributed by atoms with E-state index in [4.69, 9.17) is 19.3 Å². The Morgan fingerprint density at radius 1 is 1.57 bits per heavy atom. The quantitative estimate of drug-likeness (QED) is 0.687. The summed E-state index contributed by atoms with van der Waals surface area (Å²) < 4.78 is 15.6. The maximum absolute atomic E-state index is 10.3. The summed E-state index contributed by atoms with van der Waals surface area (Å²) in [7, 11) is 1.62. The second-order valence-electron chi connectivity index (χ2n) is 3.23. The van der Waals surface area contributed by atoms with Crippen molar-refractivity contribution >= 4 is 5.97 Å². The van der Waals surface area contributed by atoms with Crippen molar-refractivity contribution in [3.63, 3.8) is 0 Å². The van der Waals surface area contributed by atoms with Gasteiger partial charge < -0.3 is 19.3 Å². The molecule has 0 aromatic heterocycles. The van der Waals surface area contributed by atoms with Gasteiger partial charge in [0, 0.05) is 20.0 Å². The van der Waals surface area contributed by atoms with E-state index in [-0.39, 0.29) is 18.8 Å². The summed E-state index contributed by atoms with van der Waals surface area (Å²) in [5.41, 5.74) is 0. The van der Waals surface area contributed by atoms with E-state index in [1.165, 1.54) is 0 Å². The van der Waals surface area contributed by atoms with Crippen molar-refractivity contribution in [2.45, 2.75) is 31.7 Å². The third kappa shape index (κ3) is 4.04. The number of carboxylic acids is 1. The van der Waals surface area contributed by atoms with E-state index in [1.54, 1.807) is 7.11 Å². The molecular formula is C9H16O5. The largest absolute Gasteiger partial charge is 0.481 e. The summed E-state index contributed by atoms with van der Waals surface area (Å²) in [5, 5.41) is 8.46. The summed E-state index contributed by atoms with van der Waals surface area (Å²) in [6, 6.07) is 0. The SMILES string of the molecule is COCCC1OCC(CCC(=O)O)O1. The summed E-state index contributed by atoms with van der Waals surface area (Å²) in [4.78, 5) is 10.3. The van der Waals surface area contributed by atoms with Crippen LogP contribution in [0.4, 0.5) is 0 Å². The van der Waals surface area contributed by atoms with Gasteiger partial charge in [-0.1, -0.05) is 0 Å². The van der Waals surface area contributed by atoms with Gasteiger partial charge in [-0.25, -0.2) is 0 Å². The van der Waals surface area contributed by atoms with Gasteiger partial charge in [-0.3, -0.25) is 4.79 Å². The molecule has 82 valence electrons. The number of hydrogen-bond acceptors (Lipinski definition) is 4. The van der Waals surface area contributed by atoms with Gasteiger partial charge >= 0.3 is 5.97 Å². The van der Waals surface area contributed by atoms with Crippen LogP contribution in [0.15, 0.2) is 0 Å². The highest BCUT2D eigenvalue weighted by molar-refractivity contribution is 5.66. The first-order valence-electron chi connectivity index (χ1n) is 4.70. The molecule has 0 bridgehead atoms. The monoisotopic (exact) mass is 204 g/mol. The van der Waals surface area contributed by atoms with Crippen molar-refractivity contribution in [1.82, 2.24) is 0 Å².